The van der Waals surface area contributed by atoms with Crippen LogP contribution >= 0.6 is 11.6 Å². The van der Waals surface area contributed by atoms with E-state index in [0.29, 0.717) is 31.4 Å². The molecular weight excluding hydrogens is 672 g/mol. The maximum absolute atomic E-state index is 13.3. The first-order valence-electron chi connectivity index (χ1n) is 18.3. The molecule has 10 heteroatoms. The maximum atomic E-state index is 13.3. The molecule has 4 atom stereocenters. The molecule has 1 saturated heterocycles. The Bertz CT molecular complexity index is 1760. The predicted octanol–water partition coefficient (Wildman–Crippen LogP) is 6.82. The molecule has 4 aliphatic rings. The van der Waals surface area contributed by atoms with Gasteiger partial charge in [-0.25, -0.2) is 13.1 Å². The van der Waals surface area contributed by atoms with Crippen LogP contribution in [0.4, 0.5) is 5.69 Å². The quantitative estimate of drug-likeness (QED) is 0.216. The van der Waals surface area contributed by atoms with E-state index in [1.54, 1.807) is 18.2 Å². The zero-order valence-corrected chi connectivity index (χ0v) is 31.1. The van der Waals surface area contributed by atoms with Crippen molar-refractivity contribution in [2.75, 3.05) is 37.8 Å². The Morgan fingerprint density at radius 2 is 1.98 bits per heavy atom. The molecule has 1 saturated carbocycles. The number of allylic oxidation sites excluding steroid dienone is 1. The average molecular weight is 723 g/mol. The van der Waals surface area contributed by atoms with Crippen LogP contribution < -0.4 is 14.4 Å². The Morgan fingerprint density at radius 3 is 2.70 bits per heavy atom. The van der Waals surface area contributed by atoms with Crippen molar-refractivity contribution in [2.24, 2.45) is 17.8 Å². The molecule has 2 fully saturated rings. The molecule has 2 heterocycles. The van der Waals surface area contributed by atoms with Gasteiger partial charge in [-0.15, -0.1) is 0 Å². The molecule has 2 aliphatic carbocycles. The van der Waals surface area contributed by atoms with Crippen molar-refractivity contribution in [3.05, 3.63) is 70.3 Å². The Balaban J connectivity index is 1.33. The summed E-state index contributed by atoms with van der Waals surface area (Å²) in [6.07, 6.45) is 12.2. The number of carbonyl (C=O) groups excluding carboxylic acids is 1. The summed E-state index contributed by atoms with van der Waals surface area (Å²) in [6.45, 7) is 8.43. The maximum Gasteiger partial charge on any atom is 0.264 e. The SMILES string of the molecule is CC/C=C/[C@](O)(C#CCC1CCOCC1)[C@@H]1CC[C@H]1CN1C[C@@]2(CCCc3cc(Cl)ccc32)COc2ccc(C(=O)NS(=O)(=O)C(C)C)cc21. The third-order valence-corrected chi connectivity index (χ3v) is 13.2. The van der Waals surface area contributed by atoms with Crippen LogP contribution in [-0.2, 0) is 26.6 Å². The number of benzene rings is 2. The number of fused-ring (bicyclic) bond motifs is 3. The van der Waals surface area contributed by atoms with E-state index in [9.17, 15) is 18.3 Å². The second kappa shape index (κ2) is 15.3. The van der Waals surface area contributed by atoms with Gasteiger partial charge >= 0.3 is 0 Å². The van der Waals surface area contributed by atoms with Gasteiger partial charge in [0.05, 0.1) is 17.5 Å². The van der Waals surface area contributed by atoms with E-state index in [4.69, 9.17) is 21.1 Å². The summed E-state index contributed by atoms with van der Waals surface area (Å²) in [5.74, 6) is 7.24. The molecule has 1 spiro atoms. The van der Waals surface area contributed by atoms with Gasteiger partial charge in [-0.3, -0.25) is 4.79 Å². The second-order valence-corrected chi connectivity index (χ2v) is 17.6. The smallest absolute Gasteiger partial charge is 0.264 e. The van der Waals surface area contributed by atoms with Gasteiger partial charge in [-0.1, -0.05) is 42.5 Å². The minimum atomic E-state index is -3.82. The lowest BCUT2D eigenvalue weighted by Gasteiger charge is -2.47. The van der Waals surface area contributed by atoms with Gasteiger partial charge in [0.25, 0.3) is 5.91 Å². The van der Waals surface area contributed by atoms with Crippen molar-refractivity contribution >= 4 is 33.2 Å². The molecule has 6 rings (SSSR count). The first kappa shape index (κ1) is 36.8. The summed E-state index contributed by atoms with van der Waals surface area (Å²) in [6, 6.07) is 11.3. The van der Waals surface area contributed by atoms with Crippen LogP contribution in [0.1, 0.15) is 93.6 Å². The molecular formula is C40H51ClN2O6S. The fourth-order valence-electron chi connectivity index (χ4n) is 8.05. The standard InChI is InChI=1S/C40H51ClN2O6S/c1-4-5-19-40(45,20-6-8-29-16-21-48-22-17-29)35-13-10-32(35)25-43-26-39(18-7-9-30-23-33(41)12-14-34(30)39)27-49-37-15-11-31(24-36(37)43)38(44)42-50(46,47)28(2)3/h5,11-12,14-15,19,23-24,28-29,32,35,45H,4,7-10,13,16-18,21-22,25-27H2,1-3H3,(H,42,44)/b19-5+/t32-,35+,39-,40-/m0/s1. The zero-order valence-electron chi connectivity index (χ0n) is 29.5. The largest absolute Gasteiger partial charge is 0.490 e. The van der Waals surface area contributed by atoms with Gasteiger partial charge in [0, 0.05) is 54.6 Å². The van der Waals surface area contributed by atoms with E-state index < -0.39 is 26.8 Å². The van der Waals surface area contributed by atoms with Crippen LogP contribution in [0.2, 0.25) is 5.02 Å². The summed E-state index contributed by atoms with van der Waals surface area (Å²) in [4.78, 5) is 15.6. The van der Waals surface area contributed by atoms with E-state index in [1.807, 2.05) is 18.2 Å². The number of sulfonamides is 1. The Labute approximate surface area is 303 Å². The molecule has 2 aromatic rings. The highest BCUT2D eigenvalue weighted by molar-refractivity contribution is 7.90. The van der Waals surface area contributed by atoms with Crippen LogP contribution in [-0.4, -0.2) is 63.2 Å². The molecule has 2 aromatic carbocycles. The number of hydrogen-bond donors (Lipinski definition) is 2. The molecule has 270 valence electrons. The molecule has 50 heavy (non-hydrogen) atoms. The van der Waals surface area contributed by atoms with Crippen molar-refractivity contribution in [2.45, 2.75) is 94.8 Å². The van der Waals surface area contributed by atoms with Crippen LogP contribution in [0, 0.1) is 29.6 Å². The van der Waals surface area contributed by atoms with Crippen molar-refractivity contribution in [1.29, 1.82) is 0 Å². The van der Waals surface area contributed by atoms with E-state index >= 15 is 0 Å². The van der Waals surface area contributed by atoms with Crippen molar-refractivity contribution in [3.63, 3.8) is 0 Å². The fraction of sp³-hybridized carbons (Fsp3) is 0.575. The van der Waals surface area contributed by atoms with E-state index in [2.05, 4.69) is 40.5 Å². The highest BCUT2D eigenvalue weighted by Crippen LogP contribution is 2.48. The van der Waals surface area contributed by atoms with Gasteiger partial charge in [-0.2, -0.15) is 0 Å². The Hall–Kier alpha value is -3.03. The van der Waals surface area contributed by atoms with Gasteiger partial charge in [0.15, 0.2) is 0 Å². The average Bonchev–Trinajstić information content (AvgIpc) is 3.22. The topological polar surface area (TPSA) is 105 Å². The summed E-state index contributed by atoms with van der Waals surface area (Å²) >= 11 is 6.45. The molecule has 0 aromatic heterocycles. The van der Waals surface area contributed by atoms with Crippen LogP contribution in [0.15, 0.2) is 48.6 Å². The third-order valence-electron chi connectivity index (χ3n) is 11.2. The van der Waals surface area contributed by atoms with Crippen LogP contribution in [0.5, 0.6) is 5.75 Å². The molecule has 2 aliphatic heterocycles. The summed E-state index contributed by atoms with van der Waals surface area (Å²) < 4.78 is 39.6. The van der Waals surface area contributed by atoms with Crippen molar-refractivity contribution in [1.82, 2.24) is 4.72 Å². The normalized spacial score (nSPS) is 25.0. The van der Waals surface area contributed by atoms with Gasteiger partial charge < -0.3 is 19.5 Å². The molecule has 8 nitrogen and oxygen atoms in total. The second-order valence-electron chi connectivity index (χ2n) is 15.0. The number of hydrogen-bond acceptors (Lipinski definition) is 7. The lowest BCUT2D eigenvalue weighted by Crippen LogP contribution is -2.52. The monoisotopic (exact) mass is 722 g/mol. The number of aliphatic hydroxyl groups is 1. The third kappa shape index (κ3) is 7.89. The van der Waals surface area contributed by atoms with Gasteiger partial charge in [0.1, 0.15) is 11.4 Å². The van der Waals surface area contributed by atoms with Crippen molar-refractivity contribution < 1.29 is 27.8 Å². The van der Waals surface area contributed by atoms with E-state index in [0.717, 1.165) is 81.7 Å². The number of halogens is 1. The number of anilines is 1. The number of carbonyl (C=O) groups is 1. The lowest BCUT2D eigenvalue weighted by atomic mass is 9.64. The molecule has 0 unspecified atom stereocenters. The minimum absolute atomic E-state index is 0.0591. The van der Waals surface area contributed by atoms with Gasteiger partial charge in [-0.05, 0) is 125 Å². The summed E-state index contributed by atoms with van der Waals surface area (Å²) in [5.41, 5.74) is 1.91. The Morgan fingerprint density at radius 1 is 1.18 bits per heavy atom. The first-order valence-corrected chi connectivity index (χ1v) is 20.2. The first-order chi connectivity index (χ1) is 23.9. The number of amides is 1. The summed E-state index contributed by atoms with van der Waals surface area (Å²) in [5, 5.41) is 12.1. The van der Waals surface area contributed by atoms with E-state index in [1.165, 1.54) is 25.0 Å². The number of nitrogens with one attached hydrogen (secondary N) is 1. The van der Waals surface area contributed by atoms with Gasteiger partial charge in [0.2, 0.25) is 10.0 Å². The van der Waals surface area contributed by atoms with Crippen LogP contribution in [0.25, 0.3) is 0 Å². The molecule has 1 amide bonds. The number of ether oxygens (including phenoxy) is 2. The zero-order chi connectivity index (χ0) is 35.5. The molecule has 0 bridgehead atoms. The van der Waals surface area contributed by atoms with E-state index in [-0.39, 0.29) is 22.8 Å². The van der Waals surface area contributed by atoms with Crippen molar-refractivity contribution in [3.8, 4) is 17.6 Å². The highest BCUT2D eigenvalue weighted by Gasteiger charge is 2.47. The fourth-order valence-corrected chi connectivity index (χ4v) is 8.86. The predicted molar refractivity (Wildman–Crippen MR) is 198 cm³/mol. The van der Waals surface area contributed by atoms with Crippen LogP contribution in [0.3, 0.4) is 0 Å². The highest BCUT2D eigenvalue weighted by atomic mass is 35.5. The lowest BCUT2D eigenvalue weighted by molar-refractivity contribution is -0.00325. The molecule has 0 radical (unpaired) electrons. The minimum Gasteiger partial charge on any atom is -0.490 e. The number of rotatable bonds is 9. The number of aryl methyl sites for hydroxylation is 1. The molecule has 2 N–H and O–H groups in total. The Kier molecular flexibility index (Phi) is 11.2. The number of nitrogens with zero attached hydrogens (tertiary/aromatic N) is 1. The summed E-state index contributed by atoms with van der Waals surface area (Å²) in [7, 11) is -3.82.